The Hall–Kier alpha value is -3.27. The molecular weight excluding hydrogens is 468 g/mol. The Kier molecular flexibility index (Phi) is 7.08. The molecule has 0 bridgehead atoms. The molecule has 1 N–H and O–H groups in total. The first-order chi connectivity index (χ1) is 17.1. The Balaban J connectivity index is 1.28. The van der Waals surface area contributed by atoms with E-state index >= 15 is 0 Å². The van der Waals surface area contributed by atoms with Gasteiger partial charge in [0.1, 0.15) is 16.8 Å². The van der Waals surface area contributed by atoms with Crippen LogP contribution in [0.5, 0.6) is 11.5 Å². The van der Waals surface area contributed by atoms with Crippen molar-refractivity contribution in [3.05, 3.63) is 34.7 Å². The Bertz CT molecular complexity index is 1190. The van der Waals surface area contributed by atoms with Crippen LogP contribution < -0.4 is 19.7 Å². The molecule has 0 amide bonds. The van der Waals surface area contributed by atoms with Crippen LogP contribution in [0.3, 0.4) is 0 Å². The summed E-state index contributed by atoms with van der Waals surface area (Å²) in [7, 11) is 0. The highest BCUT2D eigenvalue weighted by molar-refractivity contribution is 7.18. The van der Waals surface area contributed by atoms with E-state index in [0.717, 1.165) is 72.9 Å². The van der Waals surface area contributed by atoms with E-state index in [-0.39, 0.29) is 12.9 Å². The molecule has 0 radical (unpaired) electrons. The van der Waals surface area contributed by atoms with Gasteiger partial charge < -0.3 is 29.2 Å². The molecule has 35 heavy (non-hydrogen) atoms. The molecule has 10 heteroatoms. The van der Waals surface area contributed by atoms with Gasteiger partial charge >= 0.3 is 6.16 Å². The van der Waals surface area contributed by atoms with Crippen LogP contribution in [0.4, 0.5) is 16.6 Å². The summed E-state index contributed by atoms with van der Waals surface area (Å²) in [5.74, 6) is 3.16. The highest BCUT2D eigenvalue weighted by Crippen LogP contribution is 2.34. The van der Waals surface area contributed by atoms with E-state index in [2.05, 4.69) is 29.3 Å². The van der Waals surface area contributed by atoms with Gasteiger partial charge in [-0.25, -0.2) is 9.78 Å². The summed E-state index contributed by atoms with van der Waals surface area (Å²) in [5, 5.41) is 4.60. The zero-order valence-electron chi connectivity index (χ0n) is 20.0. The number of carbonyl (C=O) groups is 1. The number of hydrogen-bond donors (Lipinski definition) is 1. The fourth-order valence-electron chi connectivity index (χ4n) is 4.29. The quantitative estimate of drug-likeness (QED) is 0.440. The number of fused-ring (bicyclic) bond motifs is 2. The molecule has 2 aliphatic rings. The summed E-state index contributed by atoms with van der Waals surface area (Å²) in [4.78, 5) is 25.9. The number of rotatable bonds is 8. The van der Waals surface area contributed by atoms with E-state index in [1.165, 1.54) is 10.4 Å². The SMILES string of the molecule is CCOC(=O)OC1CCN(c2nc(NCCc3ccc4c(c3)OCO4)c3cc(CC)sc3n2)CC1. The third-order valence-corrected chi connectivity index (χ3v) is 7.35. The Labute approximate surface area is 208 Å². The summed E-state index contributed by atoms with van der Waals surface area (Å²) < 4.78 is 21.2. The van der Waals surface area contributed by atoms with Crippen molar-refractivity contribution in [1.82, 2.24) is 9.97 Å². The second-order valence-electron chi connectivity index (χ2n) is 8.51. The summed E-state index contributed by atoms with van der Waals surface area (Å²) in [6, 6.07) is 8.25. The molecule has 186 valence electrons. The minimum atomic E-state index is -0.594. The topological polar surface area (TPSA) is 95.0 Å². The second kappa shape index (κ2) is 10.6. The van der Waals surface area contributed by atoms with Crippen LogP contribution in [0.15, 0.2) is 24.3 Å². The maximum atomic E-state index is 11.6. The third-order valence-electron chi connectivity index (χ3n) is 6.17. The fourth-order valence-corrected chi connectivity index (χ4v) is 5.26. The number of nitrogens with one attached hydrogen (secondary N) is 1. The molecule has 3 aromatic rings. The average molecular weight is 499 g/mol. The number of thiophene rings is 1. The molecule has 0 unspecified atom stereocenters. The average Bonchev–Trinajstić information content (AvgIpc) is 3.51. The largest absolute Gasteiger partial charge is 0.508 e. The summed E-state index contributed by atoms with van der Waals surface area (Å²) in [6.45, 7) is 6.69. The molecular formula is C25H30N4O5S. The van der Waals surface area contributed by atoms with Gasteiger partial charge in [0.2, 0.25) is 12.7 Å². The Morgan fingerprint density at radius 3 is 2.80 bits per heavy atom. The Morgan fingerprint density at radius 2 is 2.00 bits per heavy atom. The normalized spacial score (nSPS) is 15.4. The zero-order chi connectivity index (χ0) is 24.2. The molecule has 5 rings (SSSR count). The molecule has 2 aliphatic heterocycles. The van der Waals surface area contributed by atoms with Crippen LogP contribution in [-0.4, -0.2) is 55.3 Å². The van der Waals surface area contributed by atoms with Crippen molar-refractivity contribution < 1.29 is 23.7 Å². The smallest absolute Gasteiger partial charge is 0.454 e. The van der Waals surface area contributed by atoms with E-state index in [1.807, 2.05) is 12.1 Å². The molecule has 0 spiro atoms. The highest BCUT2D eigenvalue weighted by Gasteiger charge is 2.25. The first kappa shape index (κ1) is 23.5. The zero-order valence-corrected chi connectivity index (χ0v) is 20.9. The molecule has 0 atom stereocenters. The molecule has 9 nitrogen and oxygen atoms in total. The van der Waals surface area contributed by atoms with Gasteiger partial charge in [-0.3, -0.25) is 0 Å². The van der Waals surface area contributed by atoms with Gasteiger partial charge in [0, 0.05) is 37.4 Å². The molecule has 2 aromatic heterocycles. The van der Waals surface area contributed by atoms with Crippen LogP contribution in [-0.2, 0) is 22.3 Å². The van der Waals surface area contributed by atoms with Crippen molar-refractivity contribution in [2.45, 2.75) is 45.6 Å². The van der Waals surface area contributed by atoms with Gasteiger partial charge in [-0.2, -0.15) is 4.98 Å². The lowest BCUT2D eigenvalue weighted by molar-refractivity contribution is 0.0183. The number of aryl methyl sites for hydroxylation is 1. The third kappa shape index (κ3) is 5.37. The molecule has 1 aromatic carbocycles. The van der Waals surface area contributed by atoms with E-state index in [4.69, 9.17) is 28.9 Å². The number of carbonyl (C=O) groups excluding carboxylic acids is 1. The van der Waals surface area contributed by atoms with Crippen molar-refractivity contribution in [2.24, 2.45) is 0 Å². The molecule has 1 fully saturated rings. The minimum Gasteiger partial charge on any atom is -0.454 e. The number of benzene rings is 1. The lowest BCUT2D eigenvalue weighted by Gasteiger charge is -2.31. The second-order valence-corrected chi connectivity index (χ2v) is 9.62. The number of hydrogen-bond acceptors (Lipinski definition) is 10. The van der Waals surface area contributed by atoms with Gasteiger partial charge in [0.15, 0.2) is 11.5 Å². The Morgan fingerprint density at radius 1 is 1.17 bits per heavy atom. The van der Waals surface area contributed by atoms with E-state index < -0.39 is 6.16 Å². The lowest BCUT2D eigenvalue weighted by atomic mass is 10.1. The van der Waals surface area contributed by atoms with Gasteiger partial charge in [0.25, 0.3) is 0 Å². The van der Waals surface area contributed by atoms with Crippen LogP contribution in [0.1, 0.15) is 37.1 Å². The molecule has 0 saturated carbocycles. The van der Waals surface area contributed by atoms with Crippen LogP contribution in [0.25, 0.3) is 10.2 Å². The number of ether oxygens (including phenoxy) is 4. The summed E-state index contributed by atoms with van der Waals surface area (Å²) in [6.07, 6.45) is 2.50. The van der Waals surface area contributed by atoms with Crippen molar-refractivity contribution >= 4 is 39.5 Å². The van der Waals surface area contributed by atoms with E-state index in [9.17, 15) is 4.79 Å². The van der Waals surface area contributed by atoms with E-state index in [1.54, 1.807) is 18.3 Å². The maximum Gasteiger partial charge on any atom is 0.508 e. The molecule has 0 aliphatic carbocycles. The summed E-state index contributed by atoms with van der Waals surface area (Å²) >= 11 is 1.71. The van der Waals surface area contributed by atoms with Crippen LogP contribution >= 0.6 is 11.3 Å². The first-order valence-electron chi connectivity index (χ1n) is 12.1. The number of piperidine rings is 1. The maximum absolute atomic E-state index is 11.6. The van der Waals surface area contributed by atoms with Crippen LogP contribution in [0.2, 0.25) is 0 Å². The lowest BCUT2D eigenvalue weighted by Crippen LogP contribution is -2.39. The van der Waals surface area contributed by atoms with Crippen molar-refractivity contribution in [3.8, 4) is 11.5 Å². The van der Waals surface area contributed by atoms with Gasteiger partial charge in [-0.1, -0.05) is 13.0 Å². The van der Waals surface area contributed by atoms with Gasteiger partial charge in [-0.05, 0) is 43.5 Å². The standard InChI is InChI=1S/C25H30N4O5S/c1-3-18-14-19-22(26-10-7-16-5-6-20-21(13-16)33-15-32-20)27-24(28-23(19)35-18)29-11-8-17(9-12-29)34-25(30)31-4-2/h5-6,13-14,17H,3-4,7-12,15H2,1-2H3,(H,26,27,28). The minimum absolute atomic E-state index is 0.137. The number of aromatic nitrogens is 2. The highest BCUT2D eigenvalue weighted by atomic mass is 32.1. The summed E-state index contributed by atoms with van der Waals surface area (Å²) in [5.41, 5.74) is 1.18. The monoisotopic (exact) mass is 498 g/mol. The van der Waals surface area contributed by atoms with Gasteiger partial charge in [-0.15, -0.1) is 11.3 Å². The number of nitrogens with zero attached hydrogens (tertiary/aromatic N) is 3. The van der Waals surface area contributed by atoms with E-state index in [0.29, 0.717) is 12.6 Å². The van der Waals surface area contributed by atoms with Crippen molar-refractivity contribution in [1.29, 1.82) is 0 Å². The van der Waals surface area contributed by atoms with Crippen molar-refractivity contribution in [3.63, 3.8) is 0 Å². The van der Waals surface area contributed by atoms with Gasteiger partial charge in [0.05, 0.1) is 12.0 Å². The van der Waals surface area contributed by atoms with Crippen LogP contribution in [0, 0.1) is 0 Å². The first-order valence-corrected chi connectivity index (χ1v) is 13.0. The predicted molar refractivity (Wildman–Crippen MR) is 135 cm³/mol. The molecule has 1 saturated heterocycles. The number of anilines is 2. The predicted octanol–water partition coefficient (Wildman–Crippen LogP) is 4.78. The van der Waals surface area contributed by atoms with Crippen molar-refractivity contribution in [2.75, 3.05) is 43.3 Å². The molecule has 4 heterocycles. The fraction of sp³-hybridized carbons (Fsp3) is 0.480.